The third-order valence-corrected chi connectivity index (χ3v) is 20.3. The molecule has 0 aliphatic heterocycles. The number of rotatable bonds is 77. The predicted molar refractivity (Wildman–Crippen MR) is 391 cm³/mol. The van der Waals surface area contributed by atoms with Gasteiger partial charge in [-0.1, -0.05) is 356 Å². The van der Waals surface area contributed by atoms with Crippen molar-refractivity contribution < 1.29 is 80.2 Å². The van der Waals surface area contributed by atoms with Gasteiger partial charge in [0.2, 0.25) is 0 Å². The fraction of sp³-hybridized carbons (Fsp3) is 0.948. The summed E-state index contributed by atoms with van der Waals surface area (Å²) in [6, 6.07) is 0. The van der Waals surface area contributed by atoms with Gasteiger partial charge in [-0.3, -0.25) is 37.3 Å². The number of aliphatic hydroxyl groups excluding tert-OH is 1. The zero-order valence-corrected chi connectivity index (χ0v) is 64.3. The maximum absolute atomic E-state index is 13.1. The van der Waals surface area contributed by atoms with Gasteiger partial charge in [0, 0.05) is 25.7 Å². The van der Waals surface area contributed by atoms with E-state index in [2.05, 4.69) is 34.6 Å². The number of unbranched alkanes of at least 4 members (excludes halogenated alkanes) is 48. The van der Waals surface area contributed by atoms with Gasteiger partial charge in [-0.05, 0) is 31.6 Å². The van der Waals surface area contributed by atoms with Gasteiger partial charge in [-0.2, -0.15) is 0 Å². The number of ether oxygens (including phenoxy) is 4. The van der Waals surface area contributed by atoms with Crippen molar-refractivity contribution in [3.63, 3.8) is 0 Å². The Labute approximate surface area is 588 Å². The fourth-order valence-corrected chi connectivity index (χ4v) is 13.4. The molecule has 0 saturated heterocycles. The molecule has 0 bridgehead atoms. The van der Waals surface area contributed by atoms with E-state index in [4.69, 9.17) is 37.0 Å². The molecular formula is C77H150O17P2. The first-order valence-corrected chi connectivity index (χ1v) is 43.2. The summed E-state index contributed by atoms with van der Waals surface area (Å²) >= 11 is 0. The Kier molecular flexibility index (Phi) is 68.7. The molecule has 3 unspecified atom stereocenters. The Morgan fingerprint density at radius 1 is 0.292 bits per heavy atom. The lowest BCUT2D eigenvalue weighted by Crippen LogP contribution is -2.30. The van der Waals surface area contributed by atoms with Crippen LogP contribution in [0.1, 0.15) is 407 Å². The van der Waals surface area contributed by atoms with Crippen LogP contribution in [0.5, 0.6) is 0 Å². The molecule has 0 amide bonds. The number of hydrogen-bond acceptors (Lipinski definition) is 15. The van der Waals surface area contributed by atoms with E-state index in [0.717, 1.165) is 95.8 Å². The van der Waals surface area contributed by atoms with Crippen molar-refractivity contribution in [3.8, 4) is 0 Å². The maximum atomic E-state index is 13.1. The highest BCUT2D eigenvalue weighted by atomic mass is 31.2. The molecule has 6 atom stereocenters. The molecule has 0 aliphatic carbocycles. The Balaban J connectivity index is 5.27. The molecule has 19 heteroatoms. The summed E-state index contributed by atoms with van der Waals surface area (Å²) in [5.74, 6) is -1.30. The van der Waals surface area contributed by atoms with Gasteiger partial charge in [0.15, 0.2) is 12.2 Å². The minimum absolute atomic E-state index is 0.109. The molecular weight excluding hydrogens is 1260 g/mol. The van der Waals surface area contributed by atoms with Crippen molar-refractivity contribution in [3.05, 3.63) is 0 Å². The fourth-order valence-electron chi connectivity index (χ4n) is 11.8. The molecule has 0 rings (SSSR count). The van der Waals surface area contributed by atoms with Crippen LogP contribution in [0, 0.1) is 5.92 Å². The topological polar surface area (TPSA) is 237 Å². The van der Waals surface area contributed by atoms with Crippen LogP contribution in [0.25, 0.3) is 0 Å². The van der Waals surface area contributed by atoms with Crippen LogP contribution in [0.15, 0.2) is 0 Å². The highest BCUT2D eigenvalue weighted by Gasteiger charge is 2.30. The third kappa shape index (κ3) is 69.2. The van der Waals surface area contributed by atoms with E-state index in [0.29, 0.717) is 25.7 Å². The second-order valence-electron chi connectivity index (χ2n) is 28.0. The van der Waals surface area contributed by atoms with Crippen LogP contribution in [-0.4, -0.2) is 96.7 Å². The van der Waals surface area contributed by atoms with Crippen LogP contribution < -0.4 is 0 Å². The normalized spacial score (nSPS) is 14.2. The van der Waals surface area contributed by atoms with Gasteiger partial charge in [0.05, 0.1) is 26.4 Å². The van der Waals surface area contributed by atoms with Gasteiger partial charge in [0.1, 0.15) is 19.3 Å². The van der Waals surface area contributed by atoms with E-state index in [1.807, 2.05) is 0 Å². The zero-order valence-electron chi connectivity index (χ0n) is 62.5. The van der Waals surface area contributed by atoms with E-state index < -0.39 is 97.5 Å². The van der Waals surface area contributed by atoms with E-state index in [1.165, 1.54) is 231 Å². The maximum Gasteiger partial charge on any atom is 0.472 e. The molecule has 0 saturated carbocycles. The second-order valence-corrected chi connectivity index (χ2v) is 30.9. The Bertz CT molecular complexity index is 1840. The molecule has 0 aromatic carbocycles. The number of aliphatic hydroxyl groups is 1. The SMILES string of the molecule is CCCCCCCCCCCCCCCCCCC(=O)O[C@H](COC(=O)CCCCCCCCCCCCC(C)CC)COP(=O)(O)OC[C@@H](O)COP(=O)(O)OC[C@@H](COC(=O)CCCCCCCCCCCCCC)OC(=O)CCCCCCCCCCCCCCCC. The average Bonchev–Trinajstić information content (AvgIpc) is 1.53. The highest BCUT2D eigenvalue weighted by molar-refractivity contribution is 7.47. The smallest absolute Gasteiger partial charge is 0.462 e. The molecule has 0 fully saturated rings. The van der Waals surface area contributed by atoms with Gasteiger partial charge in [-0.25, -0.2) is 9.13 Å². The van der Waals surface area contributed by atoms with Crippen molar-refractivity contribution in [1.29, 1.82) is 0 Å². The van der Waals surface area contributed by atoms with Crippen molar-refractivity contribution in [2.75, 3.05) is 39.6 Å². The Hall–Kier alpha value is -1.94. The summed E-state index contributed by atoms with van der Waals surface area (Å²) in [6.45, 7) is 7.34. The minimum atomic E-state index is -4.96. The summed E-state index contributed by atoms with van der Waals surface area (Å²) in [7, 11) is -9.91. The molecule has 17 nitrogen and oxygen atoms in total. The van der Waals surface area contributed by atoms with E-state index in [1.54, 1.807) is 0 Å². The summed E-state index contributed by atoms with van der Waals surface area (Å²) in [5, 5.41) is 10.6. The standard InChI is InChI=1S/C77H150O17P2/c1-6-10-13-16-19-22-25-28-30-31-33-36-43-48-53-58-63-77(82)94-73(67-88-75(80)61-56-51-46-41-38-37-39-44-49-54-59-70(5)9-4)69-92-96(85,86)90-65-71(78)64-89-95(83,84)91-68-72(66-87-74(79)60-55-50-45-40-34-27-24-21-18-15-12-8-3)93-76(81)62-57-52-47-42-35-32-29-26-23-20-17-14-11-7-2/h70-73,78H,6-69H2,1-5H3,(H,83,84)(H,85,86)/t70?,71-,72+,73+/m0/s1. The number of carbonyl (C=O) groups excluding carboxylic acids is 4. The molecule has 0 aromatic rings. The second kappa shape index (κ2) is 70.1. The quantitative estimate of drug-likeness (QED) is 0.0222. The number of phosphoric ester groups is 2. The Morgan fingerprint density at radius 2 is 0.500 bits per heavy atom. The molecule has 3 N–H and O–H groups in total. The van der Waals surface area contributed by atoms with Crippen LogP contribution in [-0.2, 0) is 65.4 Å². The van der Waals surface area contributed by atoms with Crippen LogP contribution in [0.3, 0.4) is 0 Å². The summed E-state index contributed by atoms with van der Waals surface area (Å²) in [6.07, 6.45) is 59.3. The van der Waals surface area contributed by atoms with Crippen molar-refractivity contribution in [2.45, 2.75) is 425 Å². The largest absolute Gasteiger partial charge is 0.472 e. The zero-order chi connectivity index (χ0) is 70.5. The first-order chi connectivity index (χ1) is 46.6. The number of esters is 4. The van der Waals surface area contributed by atoms with Crippen LogP contribution in [0.2, 0.25) is 0 Å². The van der Waals surface area contributed by atoms with Crippen molar-refractivity contribution in [2.24, 2.45) is 5.92 Å². The predicted octanol–water partition coefficient (Wildman–Crippen LogP) is 22.9. The lowest BCUT2D eigenvalue weighted by Gasteiger charge is -2.21. The summed E-state index contributed by atoms with van der Waals surface area (Å²) in [5.41, 5.74) is 0. The van der Waals surface area contributed by atoms with Crippen molar-refractivity contribution in [1.82, 2.24) is 0 Å². The van der Waals surface area contributed by atoms with E-state index in [-0.39, 0.29) is 25.7 Å². The van der Waals surface area contributed by atoms with Gasteiger partial charge in [0.25, 0.3) is 0 Å². The molecule has 0 radical (unpaired) electrons. The minimum Gasteiger partial charge on any atom is -0.462 e. The van der Waals surface area contributed by atoms with Gasteiger partial charge < -0.3 is 33.8 Å². The molecule has 570 valence electrons. The molecule has 0 aliphatic rings. The molecule has 0 spiro atoms. The third-order valence-electron chi connectivity index (χ3n) is 18.4. The van der Waals surface area contributed by atoms with Gasteiger partial charge in [-0.15, -0.1) is 0 Å². The molecule has 96 heavy (non-hydrogen) atoms. The summed E-state index contributed by atoms with van der Waals surface area (Å²) < 4.78 is 68.6. The monoisotopic (exact) mass is 1410 g/mol. The van der Waals surface area contributed by atoms with Crippen LogP contribution >= 0.6 is 15.6 Å². The highest BCUT2D eigenvalue weighted by Crippen LogP contribution is 2.45. The average molecular weight is 1410 g/mol. The van der Waals surface area contributed by atoms with Crippen molar-refractivity contribution >= 4 is 39.5 Å². The summed E-state index contributed by atoms with van der Waals surface area (Å²) in [4.78, 5) is 72.9. The number of hydrogen-bond donors (Lipinski definition) is 3. The van der Waals surface area contributed by atoms with E-state index in [9.17, 15) is 43.2 Å². The molecule has 0 aromatic heterocycles. The lowest BCUT2D eigenvalue weighted by atomic mass is 9.99. The Morgan fingerprint density at radius 3 is 0.740 bits per heavy atom. The van der Waals surface area contributed by atoms with Gasteiger partial charge >= 0.3 is 39.5 Å². The molecule has 0 heterocycles. The van der Waals surface area contributed by atoms with E-state index >= 15 is 0 Å². The first kappa shape index (κ1) is 94.1. The number of phosphoric acid groups is 2. The van der Waals surface area contributed by atoms with Crippen LogP contribution in [0.4, 0.5) is 0 Å². The number of carbonyl (C=O) groups is 4. The lowest BCUT2D eigenvalue weighted by molar-refractivity contribution is -0.161. The first-order valence-electron chi connectivity index (χ1n) is 40.2.